The molecule has 2 aromatic heterocycles. The van der Waals surface area contributed by atoms with E-state index >= 15 is 0 Å². The van der Waals surface area contributed by atoms with Gasteiger partial charge in [-0.2, -0.15) is 5.10 Å². The highest BCUT2D eigenvalue weighted by Gasteiger charge is 2.38. The van der Waals surface area contributed by atoms with Crippen LogP contribution in [0.15, 0.2) is 41.3 Å². The molecule has 2 heterocycles. The maximum atomic E-state index is 4.36. The van der Waals surface area contributed by atoms with Crippen molar-refractivity contribution in [3.05, 3.63) is 46.8 Å². The average molecular weight is 344 g/mol. The number of aromatic nitrogens is 4. The summed E-state index contributed by atoms with van der Waals surface area (Å²) in [4.78, 5) is 8.62. The Hall–Kier alpha value is -1.95. The SMILES string of the molecule is Cn1ncc2c(N[C@@H]3C[C@H]3c3ccc(Br)cc3)ncnc21. The van der Waals surface area contributed by atoms with Crippen LogP contribution in [0.3, 0.4) is 0 Å². The van der Waals surface area contributed by atoms with Crippen LogP contribution < -0.4 is 5.32 Å². The summed E-state index contributed by atoms with van der Waals surface area (Å²) in [6.07, 6.45) is 4.53. The van der Waals surface area contributed by atoms with Gasteiger partial charge in [-0.15, -0.1) is 0 Å². The lowest BCUT2D eigenvalue weighted by atomic mass is 10.1. The zero-order valence-corrected chi connectivity index (χ0v) is 13.1. The van der Waals surface area contributed by atoms with Crippen molar-refractivity contribution in [1.29, 1.82) is 0 Å². The highest BCUT2D eigenvalue weighted by Crippen LogP contribution is 2.43. The predicted molar refractivity (Wildman–Crippen MR) is 85.2 cm³/mol. The lowest BCUT2D eigenvalue weighted by Gasteiger charge is -2.06. The molecule has 3 aromatic rings. The molecule has 1 aliphatic carbocycles. The van der Waals surface area contributed by atoms with Crippen molar-refractivity contribution in [2.45, 2.75) is 18.4 Å². The highest BCUT2D eigenvalue weighted by molar-refractivity contribution is 9.10. The standard InChI is InChI=1S/C15H14BrN5/c1-21-15-12(7-19-21)14(17-8-18-15)20-13-6-11(13)9-2-4-10(16)5-3-9/h2-5,7-8,11,13H,6H2,1H3,(H,17,18,20)/t11-,13+/m0/s1. The van der Waals surface area contributed by atoms with E-state index < -0.39 is 0 Å². The molecule has 5 nitrogen and oxygen atoms in total. The van der Waals surface area contributed by atoms with Gasteiger partial charge >= 0.3 is 0 Å². The molecule has 1 aliphatic rings. The molecule has 1 fully saturated rings. The molecular weight excluding hydrogens is 330 g/mol. The molecule has 0 amide bonds. The van der Waals surface area contributed by atoms with Gasteiger partial charge < -0.3 is 5.32 Å². The van der Waals surface area contributed by atoms with E-state index in [1.54, 1.807) is 11.0 Å². The summed E-state index contributed by atoms with van der Waals surface area (Å²) in [6.45, 7) is 0. The third kappa shape index (κ3) is 2.29. The van der Waals surface area contributed by atoms with E-state index in [2.05, 4.69) is 60.6 Å². The Morgan fingerprint density at radius 3 is 2.86 bits per heavy atom. The Bertz CT molecular complexity index is 795. The van der Waals surface area contributed by atoms with E-state index in [-0.39, 0.29) is 0 Å². The molecule has 1 N–H and O–H groups in total. The molecule has 1 saturated carbocycles. The minimum Gasteiger partial charge on any atom is -0.366 e. The van der Waals surface area contributed by atoms with E-state index in [4.69, 9.17) is 0 Å². The first-order chi connectivity index (χ1) is 10.2. The zero-order chi connectivity index (χ0) is 14.4. The molecule has 106 valence electrons. The number of hydrogen-bond acceptors (Lipinski definition) is 4. The molecule has 6 heteroatoms. The topological polar surface area (TPSA) is 55.6 Å². The largest absolute Gasteiger partial charge is 0.366 e. The van der Waals surface area contributed by atoms with Crippen LogP contribution in [0.5, 0.6) is 0 Å². The number of rotatable bonds is 3. The van der Waals surface area contributed by atoms with Crippen LogP contribution in [-0.2, 0) is 7.05 Å². The van der Waals surface area contributed by atoms with Crippen molar-refractivity contribution in [2.75, 3.05) is 5.32 Å². The maximum absolute atomic E-state index is 4.36. The minimum atomic E-state index is 0.435. The van der Waals surface area contributed by atoms with E-state index in [0.29, 0.717) is 12.0 Å². The number of nitrogens with zero attached hydrogens (tertiary/aromatic N) is 4. The number of halogens is 1. The smallest absolute Gasteiger partial charge is 0.163 e. The van der Waals surface area contributed by atoms with Crippen molar-refractivity contribution in [3.63, 3.8) is 0 Å². The van der Waals surface area contributed by atoms with Gasteiger partial charge in [0, 0.05) is 23.5 Å². The molecular formula is C15H14BrN5. The van der Waals surface area contributed by atoms with Crippen LogP contribution in [0.25, 0.3) is 11.0 Å². The monoisotopic (exact) mass is 343 g/mol. The van der Waals surface area contributed by atoms with Gasteiger partial charge in [0.15, 0.2) is 5.65 Å². The molecule has 0 spiro atoms. The molecule has 0 unspecified atom stereocenters. The van der Waals surface area contributed by atoms with E-state index in [9.17, 15) is 0 Å². The number of nitrogens with one attached hydrogen (secondary N) is 1. The number of fused-ring (bicyclic) bond motifs is 1. The fraction of sp³-hybridized carbons (Fsp3) is 0.267. The molecule has 21 heavy (non-hydrogen) atoms. The van der Waals surface area contributed by atoms with E-state index in [1.165, 1.54) is 5.56 Å². The second kappa shape index (κ2) is 4.80. The van der Waals surface area contributed by atoms with Gasteiger partial charge in [0.2, 0.25) is 0 Å². The van der Waals surface area contributed by atoms with Gasteiger partial charge in [-0.3, -0.25) is 4.68 Å². The van der Waals surface area contributed by atoms with Crippen LogP contribution in [0.1, 0.15) is 17.9 Å². The Morgan fingerprint density at radius 2 is 2.05 bits per heavy atom. The maximum Gasteiger partial charge on any atom is 0.163 e. The van der Waals surface area contributed by atoms with Crippen LogP contribution in [0, 0.1) is 0 Å². The van der Waals surface area contributed by atoms with Gasteiger partial charge in [-0.1, -0.05) is 28.1 Å². The van der Waals surface area contributed by atoms with E-state index in [0.717, 1.165) is 27.7 Å². The Kier molecular flexibility index (Phi) is 2.92. The zero-order valence-electron chi connectivity index (χ0n) is 11.5. The molecule has 0 bridgehead atoms. The summed E-state index contributed by atoms with van der Waals surface area (Å²) in [5, 5.41) is 8.73. The third-order valence-electron chi connectivity index (χ3n) is 3.94. The Balaban J connectivity index is 1.56. The first kappa shape index (κ1) is 12.8. The second-order valence-corrected chi connectivity index (χ2v) is 6.29. The average Bonchev–Trinajstić information content (AvgIpc) is 3.15. The normalized spacial score (nSPS) is 20.7. The lowest BCUT2D eigenvalue weighted by Crippen LogP contribution is -2.06. The summed E-state index contributed by atoms with van der Waals surface area (Å²) < 4.78 is 2.88. The molecule has 0 radical (unpaired) electrons. The highest BCUT2D eigenvalue weighted by atomic mass is 79.9. The number of benzene rings is 1. The predicted octanol–water partition coefficient (Wildman–Crippen LogP) is 3.09. The summed E-state index contributed by atoms with van der Waals surface area (Å²) in [6, 6.07) is 8.97. The van der Waals surface area contributed by atoms with Gasteiger partial charge in [0.1, 0.15) is 12.1 Å². The van der Waals surface area contributed by atoms with Gasteiger partial charge in [0.05, 0.1) is 11.6 Å². The first-order valence-corrected chi connectivity index (χ1v) is 7.66. The third-order valence-corrected chi connectivity index (χ3v) is 4.47. The molecule has 4 rings (SSSR count). The fourth-order valence-electron chi connectivity index (χ4n) is 2.69. The minimum absolute atomic E-state index is 0.435. The van der Waals surface area contributed by atoms with Gasteiger partial charge in [-0.25, -0.2) is 9.97 Å². The van der Waals surface area contributed by atoms with Crippen molar-refractivity contribution in [2.24, 2.45) is 7.05 Å². The van der Waals surface area contributed by atoms with Crippen LogP contribution in [0.2, 0.25) is 0 Å². The van der Waals surface area contributed by atoms with Gasteiger partial charge in [0.25, 0.3) is 0 Å². The first-order valence-electron chi connectivity index (χ1n) is 6.87. The second-order valence-electron chi connectivity index (χ2n) is 5.37. The summed E-state index contributed by atoms with van der Waals surface area (Å²) in [5.41, 5.74) is 2.22. The molecule has 1 aromatic carbocycles. The van der Waals surface area contributed by atoms with Crippen molar-refractivity contribution < 1.29 is 0 Å². The van der Waals surface area contributed by atoms with Crippen molar-refractivity contribution in [3.8, 4) is 0 Å². The lowest BCUT2D eigenvalue weighted by molar-refractivity contribution is 0.785. The van der Waals surface area contributed by atoms with E-state index in [1.807, 2.05) is 13.2 Å². The van der Waals surface area contributed by atoms with Crippen LogP contribution in [-0.4, -0.2) is 25.8 Å². The quantitative estimate of drug-likeness (QED) is 0.793. The number of hydrogen-bond donors (Lipinski definition) is 1. The Labute approximate surface area is 130 Å². The van der Waals surface area contributed by atoms with Crippen molar-refractivity contribution in [1.82, 2.24) is 19.7 Å². The fourth-order valence-corrected chi connectivity index (χ4v) is 2.95. The summed E-state index contributed by atoms with van der Waals surface area (Å²) >= 11 is 3.47. The molecule has 0 saturated heterocycles. The van der Waals surface area contributed by atoms with Crippen LogP contribution in [0.4, 0.5) is 5.82 Å². The number of anilines is 1. The summed E-state index contributed by atoms with van der Waals surface area (Å²) in [5.74, 6) is 1.43. The number of aryl methyl sites for hydroxylation is 1. The summed E-state index contributed by atoms with van der Waals surface area (Å²) in [7, 11) is 1.89. The van der Waals surface area contributed by atoms with Crippen molar-refractivity contribution >= 4 is 32.8 Å². The Morgan fingerprint density at radius 1 is 1.24 bits per heavy atom. The molecule has 2 atom stereocenters. The van der Waals surface area contributed by atoms with Crippen LogP contribution >= 0.6 is 15.9 Å². The molecule has 0 aliphatic heterocycles. The van der Waals surface area contributed by atoms with Gasteiger partial charge in [-0.05, 0) is 24.1 Å².